The van der Waals surface area contributed by atoms with Crippen molar-refractivity contribution in [2.24, 2.45) is 17.6 Å². The number of rotatable bonds is 4. The summed E-state index contributed by atoms with van der Waals surface area (Å²) in [4.78, 5) is 0. The van der Waals surface area contributed by atoms with Crippen LogP contribution in [0.4, 0.5) is 17.6 Å². The van der Waals surface area contributed by atoms with Crippen LogP contribution in [0.25, 0.3) is 0 Å². The summed E-state index contributed by atoms with van der Waals surface area (Å²) < 4.78 is 50.9. The van der Waals surface area contributed by atoms with Gasteiger partial charge in [-0.3, -0.25) is 0 Å². The molecule has 0 saturated heterocycles. The fourth-order valence-corrected chi connectivity index (χ4v) is 1.96. The van der Waals surface area contributed by atoms with E-state index in [1.807, 2.05) is 13.8 Å². The first kappa shape index (κ1) is 15.9. The van der Waals surface area contributed by atoms with Crippen molar-refractivity contribution in [3.05, 3.63) is 35.1 Å². The smallest absolute Gasteiger partial charge is 0.388 e. The second-order valence-corrected chi connectivity index (χ2v) is 4.83. The zero-order valence-electron chi connectivity index (χ0n) is 10.7. The molecular formula is C13H17F4NO. The molecule has 0 aromatic heterocycles. The van der Waals surface area contributed by atoms with Gasteiger partial charge in [-0.25, -0.2) is 4.39 Å². The minimum Gasteiger partial charge on any atom is -0.388 e. The van der Waals surface area contributed by atoms with Gasteiger partial charge >= 0.3 is 6.18 Å². The van der Waals surface area contributed by atoms with Gasteiger partial charge < -0.3 is 10.8 Å². The summed E-state index contributed by atoms with van der Waals surface area (Å²) in [7, 11) is 0. The van der Waals surface area contributed by atoms with Crippen molar-refractivity contribution < 1.29 is 22.7 Å². The minimum atomic E-state index is -4.78. The molecule has 1 aromatic rings. The molecule has 2 nitrogen and oxygen atoms in total. The molecule has 0 heterocycles. The summed E-state index contributed by atoms with van der Waals surface area (Å²) in [6.07, 6.45) is -5.93. The first-order valence-corrected chi connectivity index (χ1v) is 5.93. The third kappa shape index (κ3) is 3.67. The SMILES string of the molecule is CC(C)C(CN)C(O)c1ccc(F)c(C(F)(F)F)c1. The van der Waals surface area contributed by atoms with E-state index in [2.05, 4.69) is 0 Å². The summed E-state index contributed by atoms with van der Waals surface area (Å²) in [6.45, 7) is 3.77. The lowest BCUT2D eigenvalue weighted by Crippen LogP contribution is -2.27. The Morgan fingerprint density at radius 2 is 1.84 bits per heavy atom. The Balaban J connectivity index is 3.15. The van der Waals surface area contributed by atoms with E-state index in [0.29, 0.717) is 6.07 Å². The zero-order valence-corrected chi connectivity index (χ0v) is 10.7. The van der Waals surface area contributed by atoms with Gasteiger partial charge in [-0.2, -0.15) is 13.2 Å². The maximum absolute atomic E-state index is 13.1. The Kier molecular flexibility index (Phi) is 4.92. The van der Waals surface area contributed by atoms with Gasteiger partial charge in [0.15, 0.2) is 0 Å². The molecule has 1 aromatic carbocycles. The molecule has 2 atom stereocenters. The van der Waals surface area contributed by atoms with Crippen molar-refractivity contribution in [2.45, 2.75) is 26.1 Å². The van der Waals surface area contributed by atoms with Gasteiger partial charge in [0.1, 0.15) is 5.82 Å². The molecular weight excluding hydrogens is 262 g/mol. The molecule has 19 heavy (non-hydrogen) atoms. The largest absolute Gasteiger partial charge is 0.419 e. The number of halogens is 4. The van der Waals surface area contributed by atoms with Crippen molar-refractivity contribution in [3.8, 4) is 0 Å². The topological polar surface area (TPSA) is 46.2 Å². The van der Waals surface area contributed by atoms with Crippen LogP contribution in [0.2, 0.25) is 0 Å². The van der Waals surface area contributed by atoms with Crippen molar-refractivity contribution in [1.82, 2.24) is 0 Å². The second-order valence-electron chi connectivity index (χ2n) is 4.83. The Morgan fingerprint density at radius 1 is 1.26 bits per heavy atom. The van der Waals surface area contributed by atoms with E-state index in [9.17, 15) is 22.7 Å². The third-order valence-electron chi connectivity index (χ3n) is 3.17. The molecule has 2 unspecified atom stereocenters. The highest BCUT2D eigenvalue weighted by molar-refractivity contribution is 5.29. The van der Waals surface area contributed by atoms with Crippen LogP contribution < -0.4 is 5.73 Å². The normalized spacial score (nSPS) is 15.6. The quantitative estimate of drug-likeness (QED) is 0.832. The molecule has 0 amide bonds. The number of hydrogen-bond acceptors (Lipinski definition) is 2. The number of aliphatic hydroxyl groups excluding tert-OH is 1. The fourth-order valence-electron chi connectivity index (χ4n) is 1.96. The van der Waals surface area contributed by atoms with Gasteiger partial charge in [0, 0.05) is 5.92 Å². The summed E-state index contributed by atoms with van der Waals surface area (Å²) in [5, 5.41) is 10.1. The van der Waals surface area contributed by atoms with Crippen LogP contribution in [0.5, 0.6) is 0 Å². The van der Waals surface area contributed by atoms with Crippen LogP contribution in [0.1, 0.15) is 31.1 Å². The van der Waals surface area contributed by atoms with Crippen LogP contribution >= 0.6 is 0 Å². The molecule has 0 spiro atoms. The van der Waals surface area contributed by atoms with Crippen LogP contribution in [-0.4, -0.2) is 11.7 Å². The van der Waals surface area contributed by atoms with Crippen LogP contribution in [0.15, 0.2) is 18.2 Å². The lowest BCUT2D eigenvalue weighted by molar-refractivity contribution is -0.140. The van der Waals surface area contributed by atoms with Gasteiger partial charge in [0.25, 0.3) is 0 Å². The van der Waals surface area contributed by atoms with E-state index in [1.165, 1.54) is 0 Å². The lowest BCUT2D eigenvalue weighted by atomic mass is 9.86. The molecule has 0 saturated carbocycles. The van der Waals surface area contributed by atoms with Crippen molar-refractivity contribution in [2.75, 3.05) is 6.54 Å². The molecule has 1 rings (SSSR count). The van der Waals surface area contributed by atoms with Crippen LogP contribution in [0.3, 0.4) is 0 Å². The highest BCUT2D eigenvalue weighted by Crippen LogP contribution is 2.35. The first-order chi connectivity index (χ1) is 8.68. The Bertz CT molecular complexity index is 431. The van der Waals surface area contributed by atoms with Gasteiger partial charge in [-0.05, 0) is 30.2 Å². The zero-order chi connectivity index (χ0) is 14.8. The average Bonchev–Trinajstić information content (AvgIpc) is 2.28. The number of benzene rings is 1. The van der Waals surface area contributed by atoms with Crippen LogP contribution in [-0.2, 0) is 6.18 Å². The second kappa shape index (κ2) is 5.88. The molecule has 0 fully saturated rings. The number of nitrogens with two attached hydrogens (primary N) is 1. The highest BCUT2D eigenvalue weighted by atomic mass is 19.4. The standard InChI is InChI=1S/C13H17F4NO/c1-7(2)9(6-18)12(19)8-3-4-11(14)10(5-8)13(15,16)17/h3-5,7,9,12,19H,6,18H2,1-2H3. The predicted octanol–water partition coefficient (Wildman–Crippen LogP) is 3.11. The predicted molar refractivity (Wildman–Crippen MR) is 63.7 cm³/mol. The average molecular weight is 279 g/mol. The van der Waals surface area contributed by atoms with E-state index >= 15 is 0 Å². The van der Waals surface area contributed by atoms with Crippen molar-refractivity contribution >= 4 is 0 Å². The molecule has 108 valence electrons. The Hall–Kier alpha value is -1.14. The third-order valence-corrected chi connectivity index (χ3v) is 3.17. The summed E-state index contributed by atoms with van der Waals surface area (Å²) in [5.41, 5.74) is 4.16. The van der Waals surface area contributed by atoms with Gasteiger partial charge in [0.2, 0.25) is 0 Å². The van der Waals surface area contributed by atoms with Gasteiger partial charge in [-0.15, -0.1) is 0 Å². The number of aliphatic hydroxyl groups is 1. The molecule has 0 aliphatic heterocycles. The van der Waals surface area contributed by atoms with E-state index in [1.54, 1.807) is 0 Å². The summed E-state index contributed by atoms with van der Waals surface area (Å²) >= 11 is 0. The molecule has 3 N–H and O–H groups in total. The molecule has 0 aliphatic carbocycles. The molecule has 0 bridgehead atoms. The van der Waals surface area contributed by atoms with E-state index < -0.39 is 23.7 Å². The molecule has 0 radical (unpaired) electrons. The van der Waals surface area contributed by atoms with E-state index in [4.69, 9.17) is 5.73 Å². The van der Waals surface area contributed by atoms with Crippen molar-refractivity contribution in [1.29, 1.82) is 0 Å². The fraction of sp³-hybridized carbons (Fsp3) is 0.538. The van der Waals surface area contributed by atoms with Crippen LogP contribution in [0, 0.1) is 17.7 Å². The Morgan fingerprint density at radius 3 is 2.26 bits per heavy atom. The van der Waals surface area contributed by atoms with Gasteiger partial charge in [0.05, 0.1) is 11.7 Å². The van der Waals surface area contributed by atoms with E-state index in [-0.39, 0.29) is 23.9 Å². The highest BCUT2D eigenvalue weighted by Gasteiger charge is 2.35. The molecule has 6 heteroatoms. The maximum Gasteiger partial charge on any atom is 0.419 e. The Labute approximate surface area is 109 Å². The first-order valence-electron chi connectivity index (χ1n) is 5.93. The number of hydrogen-bond donors (Lipinski definition) is 2. The van der Waals surface area contributed by atoms with Crippen molar-refractivity contribution in [3.63, 3.8) is 0 Å². The summed E-state index contributed by atoms with van der Waals surface area (Å²) in [5.74, 6) is -1.73. The molecule has 0 aliphatic rings. The minimum absolute atomic E-state index is 0.000565. The maximum atomic E-state index is 13.1. The lowest BCUT2D eigenvalue weighted by Gasteiger charge is -2.25. The summed E-state index contributed by atoms with van der Waals surface area (Å²) in [6, 6.07) is 2.51. The number of alkyl halides is 3. The van der Waals surface area contributed by atoms with E-state index in [0.717, 1.165) is 12.1 Å². The monoisotopic (exact) mass is 279 g/mol. The van der Waals surface area contributed by atoms with Gasteiger partial charge in [-0.1, -0.05) is 19.9 Å².